The molecule has 3 aromatic carbocycles. The first-order valence-corrected chi connectivity index (χ1v) is 8.57. The van der Waals surface area contributed by atoms with Crippen molar-refractivity contribution in [3.05, 3.63) is 103 Å². The Kier molecular flexibility index (Phi) is 4.70. The van der Waals surface area contributed by atoms with Gasteiger partial charge in [-0.2, -0.15) is 0 Å². The van der Waals surface area contributed by atoms with Gasteiger partial charge in [0.05, 0.1) is 12.0 Å². The molecule has 0 spiro atoms. The largest absolute Gasteiger partial charge is 0.464 e. The number of para-hydroxylation sites is 3. The van der Waals surface area contributed by atoms with Gasteiger partial charge in [0.2, 0.25) is 0 Å². The molecule has 1 heterocycles. The average molecular weight is 355 g/mol. The number of hydrogen-bond donors (Lipinski definition) is 1. The fourth-order valence-electron chi connectivity index (χ4n) is 2.70. The van der Waals surface area contributed by atoms with Crippen LogP contribution < -0.4 is 10.1 Å². The van der Waals surface area contributed by atoms with Crippen molar-refractivity contribution < 1.29 is 13.9 Å². The van der Waals surface area contributed by atoms with Gasteiger partial charge in [0.15, 0.2) is 5.75 Å². The molecule has 1 aromatic heterocycles. The van der Waals surface area contributed by atoms with Crippen molar-refractivity contribution in [1.82, 2.24) is 0 Å². The molecule has 4 nitrogen and oxygen atoms in total. The first-order valence-electron chi connectivity index (χ1n) is 8.57. The topological polar surface area (TPSA) is 51.5 Å². The predicted octanol–water partition coefficient (Wildman–Crippen LogP) is 5.99. The van der Waals surface area contributed by atoms with Crippen molar-refractivity contribution in [3.63, 3.8) is 0 Å². The molecule has 0 saturated heterocycles. The molecule has 4 aromatic rings. The summed E-state index contributed by atoms with van der Waals surface area (Å²) in [4.78, 5) is 12.6. The number of furan rings is 1. The second-order valence-corrected chi connectivity index (χ2v) is 5.92. The van der Waals surface area contributed by atoms with Gasteiger partial charge in [0.25, 0.3) is 5.91 Å². The van der Waals surface area contributed by atoms with E-state index in [9.17, 15) is 4.79 Å². The standard InChI is InChI=1S/C23H17NO3/c25-23(18-14-12-17(13-15-18)21-11-6-16-26-21)24-20-9-4-5-10-22(20)27-19-7-2-1-3-8-19/h1-16H,(H,24,25). The van der Waals surface area contributed by atoms with Gasteiger partial charge in [-0.1, -0.05) is 42.5 Å². The van der Waals surface area contributed by atoms with Crippen LogP contribution in [0, 0.1) is 0 Å². The highest BCUT2D eigenvalue weighted by molar-refractivity contribution is 6.05. The van der Waals surface area contributed by atoms with Crippen LogP contribution in [-0.2, 0) is 0 Å². The number of carbonyl (C=O) groups is 1. The van der Waals surface area contributed by atoms with Crippen LogP contribution in [0.2, 0.25) is 0 Å². The Morgan fingerprint density at radius 2 is 1.52 bits per heavy atom. The second-order valence-electron chi connectivity index (χ2n) is 5.92. The number of hydrogen-bond acceptors (Lipinski definition) is 3. The number of nitrogens with one attached hydrogen (secondary N) is 1. The van der Waals surface area contributed by atoms with Crippen molar-refractivity contribution in [2.75, 3.05) is 5.32 Å². The van der Waals surface area contributed by atoms with Crippen LogP contribution in [0.1, 0.15) is 10.4 Å². The minimum atomic E-state index is -0.204. The van der Waals surface area contributed by atoms with Crippen LogP contribution in [0.3, 0.4) is 0 Å². The van der Waals surface area contributed by atoms with Crippen LogP contribution in [-0.4, -0.2) is 5.91 Å². The monoisotopic (exact) mass is 355 g/mol. The summed E-state index contributed by atoms with van der Waals surface area (Å²) in [6, 6.07) is 27.8. The van der Waals surface area contributed by atoms with Gasteiger partial charge in [0.1, 0.15) is 11.5 Å². The molecule has 0 fully saturated rings. The minimum Gasteiger partial charge on any atom is -0.464 e. The average Bonchev–Trinajstić information content (AvgIpc) is 3.25. The summed E-state index contributed by atoms with van der Waals surface area (Å²) in [5.74, 6) is 1.86. The molecular weight excluding hydrogens is 338 g/mol. The number of carbonyl (C=O) groups excluding carboxylic acids is 1. The van der Waals surface area contributed by atoms with Gasteiger partial charge >= 0.3 is 0 Å². The molecule has 0 atom stereocenters. The Hall–Kier alpha value is -3.79. The molecule has 0 unspecified atom stereocenters. The number of ether oxygens (including phenoxy) is 1. The van der Waals surface area contributed by atoms with Crippen LogP contribution in [0.4, 0.5) is 5.69 Å². The summed E-state index contributed by atoms with van der Waals surface area (Å²) in [6.07, 6.45) is 1.62. The van der Waals surface area contributed by atoms with E-state index in [4.69, 9.17) is 9.15 Å². The van der Waals surface area contributed by atoms with Gasteiger partial charge in [-0.25, -0.2) is 0 Å². The van der Waals surface area contributed by atoms with Gasteiger partial charge in [-0.15, -0.1) is 0 Å². The molecule has 0 aliphatic carbocycles. The van der Waals surface area contributed by atoms with Crippen molar-refractivity contribution >= 4 is 11.6 Å². The van der Waals surface area contributed by atoms with Crippen molar-refractivity contribution in [2.24, 2.45) is 0 Å². The highest BCUT2D eigenvalue weighted by atomic mass is 16.5. The van der Waals surface area contributed by atoms with Crippen LogP contribution >= 0.6 is 0 Å². The second kappa shape index (κ2) is 7.62. The van der Waals surface area contributed by atoms with Crippen LogP contribution in [0.5, 0.6) is 11.5 Å². The molecule has 0 bridgehead atoms. The van der Waals surface area contributed by atoms with Gasteiger partial charge in [-0.3, -0.25) is 4.79 Å². The molecule has 27 heavy (non-hydrogen) atoms. The van der Waals surface area contributed by atoms with E-state index in [0.29, 0.717) is 22.7 Å². The third kappa shape index (κ3) is 3.90. The fraction of sp³-hybridized carbons (Fsp3) is 0. The minimum absolute atomic E-state index is 0.204. The van der Waals surface area contributed by atoms with E-state index >= 15 is 0 Å². The van der Waals surface area contributed by atoms with E-state index in [2.05, 4.69) is 5.32 Å². The summed E-state index contributed by atoms with van der Waals surface area (Å²) in [6.45, 7) is 0. The van der Waals surface area contributed by atoms with Crippen LogP contribution in [0.25, 0.3) is 11.3 Å². The zero-order chi connectivity index (χ0) is 18.5. The molecule has 0 saturated carbocycles. The SMILES string of the molecule is O=C(Nc1ccccc1Oc1ccccc1)c1ccc(-c2ccco2)cc1. The van der Waals surface area contributed by atoms with E-state index in [1.54, 1.807) is 18.4 Å². The third-order valence-electron chi connectivity index (χ3n) is 4.06. The smallest absolute Gasteiger partial charge is 0.255 e. The van der Waals surface area contributed by atoms with Crippen molar-refractivity contribution in [3.8, 4) is 22.8 Å². The van der Waals surface area contributed by atoms with Crippen molar-refractivity contribution in [1.29, 1.82) is 0 Å². The lowest BCUT2D eigenvalue weighted by Gasteiger charge is -2.12. The summed E-state index contributed by atoms with van der Waals surface area (Å²) >= 11 is 0. The lowest BCUT2D eigenvalue weighted by molar-refractivity contribution is 0.102. The zero-order valence-electron chi connectivity index (χ0n) is 14.5. The van der Waals surface area contributed by atoms with E-state index in [1.807, 2.05) is 78.9 Å². The highest BCUT2D eigenvalue weighted by Gasteiger charge is 2.11. The molecule has 1 N–H and O–H groups in total. The number of amides is 1. The molecule has 132 valence electrons. The Labute approximate surface area is 157 Å². The van der Waals surface area contributed by atoms with E-state index < -0.39 is 0 Å². The molecule has 4 rings (SSSR count). The lowest BCUT2D eigenvalue weighted by Crippen LogP contribution is -2.12. The first kappa shape index (κ1) is 16.7. The Bertz CT molecular complexity index is 1020. The summed E-state index contributed by atoms with van der Waals surface area (Å²) in [7, 11) is 0. The molecule has 0 aliphatic rings. The number of rotatable bonds is 5. The molecule has 1 amide bonds. The summed E-state index contributed by atoms with van der Waals surface area (Å²) in [5.41, 5.74) is 2.09. The number of benzene rings is 3. The maximum absolute atomic E-state index is 12.6. The molecular formula is C23H17NO3. The summed E-state index contributed by atoms with van der Waals surface area (Å²) < 4.78 is 11.3. The highest BCUT2D eigenvalue weighted by Crippen LogP contribution is 2.29. The molecule has 4 heteroatoms. The maximum Gasteiger partial charge on any atom is 0.255 e. The Morgan fingerprint density at radius 1 is 0.778 bits per heavy atom. The summed E-state index contributed by atoms with van der Waals surface area (Å²) in [5, 5.41) is 2.91. The van der Waals surface area contributed by atoms with Crippen molar-refractivity contribution in [2.45, 2.75) is 0 Å². The van der Waals surface area contributed by atoms with Gasteiger partial charge in [-0.05, 0) is 48.5 Å². The van der Waals surface area contributed by atoms with Gasteiger partial charge < -0.3 is 14.5 Å². The quantitative estimate of drug-likeness (QED) is 0.478. The van der Waals surface area contributed by atoms with E-state index in [1.165, 1.54) is 0 Å². The third-order valence-corrected chi connectivity index (χ3v) is 4.06. The normalized spacial score (nSPS) is 10.4. The Morgan fingerprint density at radius 3 is 2.26 bits per heavy atom. The number of anilines is 1. The van der Waals surface area contributed by atoms with E-state index in [-0.39, 0.29) is 5.91 Å². The first-order chi connectivity index (χ1) is 13.3. The van der Waals surface area contributed by atoms with Crippen LogP contribution in [0.15, 0.2) is 102 Å². The van der Waals surface area contributed by atoms with E-state index in [0.717, 1.165) is 11.3 Å². The maximum atomic E-state index is 12.6. The van der Waals surface area contributed by atoms with Gasteiger partial charge in [0, 0.05) is 11.1 Å². The fourth-order valence-corrected chi connectivity index (χ4v) is 2.70. The predicted molar refractivity (Wildman–Crippen MR) is 105 cm³/mol. The lowest BCUT2D eigenvalue weighted by atomic mass is 10.1. The zero-order valence-corrected chi connectivity index (χ0v) is 14.5. The molecule has 0 radical (unpaired) electrons. The molecule has 0 aliphatic heterocycles. The Balaban J connectivity index is 1.51.